The van der Waals surface area contributed by atoms with Crippen LogP contribution >= 0.6 is 15.9 Å². The fourth-order valence-electron chi connectivity index (χ4n) is 6.13. The average molecular weight is 516 g/mol. The Balaban J connectivity index is 1.21. The molecule has 0 spiro atoms. The molecular formula is C28H37BrNO3+. The number of nitrogens with zero attached hydrogens (tertiary/aromatic N) is 1. The van der Waals surface area contributed by atoms with Crippen LogP contribution in [-0.4, -0.2) is 53.5 Å². The summed E-state index contributed by atoms with van der Waals surface area (Å²) in [7, 11) is 0. The van der Waals surface area contributed by atoms with Gasteiger partial charge in [-0.1, -0.05) is 55.0 Å². The summed E-state index contributed by atoms with van der Waals surface area (Å²) in [4.78, 5) is 0.281. The summed E-state index contributed by atoms with van der Waals surface area (Å²) < 4.78 is 13.7. The molecule has 1 unspecified atom stereocenters. The number of piperidine rings is 3. The summed E-state index contributed by atoms with van der Waals surface area (Å²) >= 11 is 4.08. The molecule has 1 N–H and O–H groups in total. The highest BCUT2D eigenvalue weighted by molar-refractivity contribution is 9.09. The zero-order chi connectivity index (χ0) is 22.7. The molecule has 3 aliphatic heterocycles. The molecule has 0 amide bonds. The normalized spacial score (nSPS) is 31.0. The summed E-state index contributed by atoms with van der Waals surface area (Å²) in [6.45, 7) is 4.64. The van der Waals surface area contributed by atoms with Gasteiger partial charge >= 0.3 is 0 Å². The molecule has 178 valence electrons. The maximum Gasteiger partial charge on any atom is 0.171 e. The molecule has 33 heavy (non-hydrogen) atoms. The Labute approximate surface area is 206 Å². The standard InChI is InChI=1S/C28H37BrNO3/c29-27-26(33-21-28(31,24-11-7-12-24)23-9-3-1-4-10-23)22-15-18-30(27,19-16-22)17-8-20-32-25-13-5-2-6-14-25/h1-6,9-10,13-14,22,24,26-27,31H,7-8,11-12,15-21H2/q+1/t22?,26-,27+,28?,30?/m1/s1. The van der Waals surface area contributed by atoms with Gasteiger partial charge in [0.15, 0.2) is 4.95 Å². The molecule has 2 aromatic rings. The minimum absolute atomic E-state index is 0.151. The van der Waals surface area contributed by atoms with Crippen molar-refractivity contribution in [2.24, 2.45) is 11.8 Å². The number of halogens is 1. The third kappa shape index (κ3) is 4.75. The number of quaternary nitrogens is 1. The van der Waals surface area contributed by atoms with Crippen molar-refractivity contribution in [3.05, 3.63) is 66.2 Å². The Hall–Kier alpha value is -1.40. The third-order valence-electron chi connectivity index (χ3n) is 8.46. The predicted octanol–water partition coefficient (Wildman–Crippen LogP) is 5.49. The Morgan fingerprint density at radius 1 is 0.939 bits per heavy atom. The molecule has 5 heteroatoms. The van der Waals surface area contributed by atoms with Crippen molar-refractivity contribution >= 4 is 15.9 Å². The lowest BCUT2D eigenvalue weighted by molar-refractivity contribution is -0.955. The molecule has 0 radical (unpaired) electrons. The summed E-state index contributed by atoms with van der Waals surface area (Å²) in [6, 6.07) is 20.3. The highest BCUT2D eigenvalue weighted by atomic mass is 79.9. The molecule has 2 aromatic carbocycles. The van der Waals surface area contributed by atoms with Crippen LogP contribution in [-0.2, 0) is 10.3 Å². The van der Waals surface area contributed by atoms with Crippen LogP contribution in [0.3, 0.4) is 0 Å². The van der Waals surface area contributed by atoms with Crippen molar-refractivity contribution in [1.29, 1.82) is 0 Å². The minimum Gasteiger partial charge on any atom is -0.493 e. The molecule has 1 aliphatic carbocycles. The van der Waals surface area contributed by atoms with Crippen LogP contribution < -0.4 is 4.74 Å². The van der Waals surface area contributed by atoms with E-state index in [1.54, 1.807) is 0 Å². The first-order valence-corrected chi connectivity index (χ1v) is 13.6. The maximum atomic E-state index is 11.8. The van der Waals surface area contributed by atoms with E-state index in [0.717, 1.165) is 48.2 Å². The lowest BCUT2D eigenvalue weighted by Crippen LogP contribution is -2.68. The summed E-state index contributed by atoms with van der Waals surface area (Å²) in [6.07, 6.45) is 6.98. The smallest absolute Gasteiger partial charge is 0.171 e. The van der Waals surface area contributed by atoms with Gasteiger partial charge in [-0.3, -0.25) is 0 Å². The molecule has 4 aliphatic rings. The van der Waals surface area contributed by atoms with Crippen LogP contribution in [0.15, 0.2) is 60.7 Å². The maximum absolute atomic E-state index is 11.8. The largest absolute Gasteiger partial charge is 0.493 e. The van der Waals surface area contributed by atoms with Gasteiger partial charge in [-0.05, 0) is 52.4 Å². The van der Waals surface area contributed by atoms with E-state index < -0.39 is 5.60 Å². The number of ether oxygens (including phenoxy) is 2. The number of rotatable bonds is 10. The minimum atomic E-state index is -0.882. The van der Waals surface area contributed by atoms with Crippen LogP contribution in [0.1, 0.15) is 44.1 Å². The van der Waals surface area contributed by atoms with Crippen molar-refractivity contribution in [2.45, 2.75) is 55.2 Å². The number of hydrogen-bond acceptors (Lipinski definition) is 3. The second kappa shape index (κ2) is 10.1. The highest BCUT2D eigenvalue weighted by Gasteiger charge is 2.54. The highest BCUT2D eigenvalue weighted by Crippen LogP contribution is 2.46. The topological polar surface area (TPSA) is 38.7 Å². The van der Waals surface area contributed by atoms with E-state index in [0.29, 0.717) is 18.4 Å². The fraction of sp³-hybridized carbons (Fsp3) is 0.571. The Kier molecular flexibility index (Phi) is 7.12. The number of fused-ring (bicyclic) bond motifs is 3. The number of alkyl halides is 1. The van der Waals surface area contributed by atoms with Gasteiger partial charge in [0, 0.05) is 25.2 Å². The number of para-hydroxylation sites is 1. The van der Waals surface area contributed by atoms with E-state index in [4.69, 9.17) is 9.47 Å². The van der Waals surface area contributed by atoms with Gasteiger partial charge in [-0.15, -0.1) is 0 Å². The van der Waals surface area contributed by atoms with Crippen molar-refractivity contribution < 1.29 is 19.1 Å². The van der Waals surface area contributed by atoms with E-state index in [9.17, 15) is 5.11 Å². The van der Waals surface area contributed by atoms with Gasteiger partial charge in [0.05, 0.1) is 32.8 Å². The number of benzene rings is 2. The molecule has 4 fully saturated rings. The zero-order valence-corrected chi connectivity index (χ0v) is 21.0. The van der Waals surface area contributed by atoms with Gasteiger partial charge in [-0.2, -0.15) is 0 Å². The predicted molar refractivity (Wildman–Crippen MR) is 134 cm³/mol. The van der Waals surface area contributed by atoms with Gasteiger partial charge in [0.2, 0.25) is 0 Å². The van der Waals surface area contributed by atoms with Crippen molar-refractivity contribution in [3.63, 3.8) is 0 Å². The first kappa shape index (κ1) is 23.3. The van der Waals surface area contributed by atoms with E-state index in [1.165, 1.54) is 32.4 Å². The van der Waals surface area contributed by atoms with Crippen LogP contribution in [0.4, 0.5) is 0 Å². The molecule has 3 saturated heterocycles. The SMILES string of the molecule is OC(CO[C@@H]1C2CC[N+](CCCOc3ccccc3)(CC2)[C@@H]1Br)(c1ccccc1)C1CCC1. The Bertz CT molecular complexity index is 883. The fourth-order valence-corrected chi connectivity index (χ4v) is 7.33. The van der Waals surface area contributed by atoms with Gasteiger partial charge < -0.3 is 19.1 Å². The molecule has 6 rings (SSSR count). The van der Waals surface area contributed by atoms with Gasteiger partial charge in [-0.25, -0.2) is 0 Å². The number of hydrogen-bond donors (Lipinski definition) is 1. The van der Waals surface area contributed by atoms with Crippen molar-refractivity contribution in [3.8, 4) is 5.75 Å². The number of aliphatic hydroxyl groups is 1. The molecular weight excluding hydrogens is 478 g/mol. The molecule has 0 aromatic heterocycles. The quantitative estimate of drug-likeness (QED) is 0.197. The Morgan fingerprint density at radius 3 is 2.24 bits per heavy atom. The second-order valence-electron chi connectivity index (χ2n) is 10.3. The van der Waals surface area contributed by atoms with Crippen LogP contribution in [0.5, 0.6) is 5.75 Å². The molecule has 2 bridgehead atoms. The van der Waals surface area contributed by atoms with Crippen LogP contribution in [0.25, 0.3) is 0 Å². The van der Waals surface area contributed by atoms with Crippen molar-refractivity contribution in [1.82, 2.24) is 0 Å². The summed E-state index contributed by atoms with van der Waals surface area (Å²) in [5.41, 5.74) is 0.121. The van der Waals surface area contributed by atoms with Crippen molar-refractivity contribution in [2.75, 3.05) is 32.8 Å². The van der Waals surface area contributed by atoms with Crippen LogP contribution in [0, 0.1) is 11.8 Å². The third-order valence-corrected chi connectivity index (χ3v) is 9.85. The van der Waals surface area contributed by atoms with Gasteiger partial charge in [0.25, 0.3) is 0 Å². The van der Waals surface area contributed by atoms with E-state index >= 15 is 0 Å². The molecule has 4 nitrogen and oxygen atoms in total. The molecule has 1 saturated carbocycles. The average Bonchev–Trinajstić information content (AvgIpc) is 2.82. The first-order valence-electron chi connectivity index (χ1n) is 12.7. The first-order chi connectivity index (χ1) is 16.1. The van der Waals surface area contributed by atoms with E-state index in [-0.39, 0.29) is 11.1 Å². The van der Waals surface area contributed by atoms with Gasteiger partial charge in [0.1, 0.15) is 17.5 Å². The monoisotopic (exact) mass is 514 g/mol. The lowest BCUT2D eigenvalue weighted by atomic mass is 9.70. The summed E-state index contributed by atoms with van der Waals surface area (Å²) in [5, 5.41) is 11.8. The summed E-state index contributed by atoms with van der Waals surface area (Å²) in [5.74, 6) is 1.83. The van der Waals surface area contributed by atoms with Crippen LogP contribution in [0.2, 0.25) is 0 Å². The van der Waals surface area contributed by atoms with E-state index in [1.807, 2.05) is 48.5 Å². The molecule has 3 atom stereocenters. The molecule has 3 heterocycles. The lowest BCUT2D eigenvalue weighted by Gasteiger charge is -2.56. The zero-order valence-electron chi connectivity index (χ0n) is 19.4. The van der Waals surface area contributed by atoms with E-state index in [2.05, 4.69) is 28.1 Å². The second-order valence-corrected chi connectivity index (χ2v) is 11.2. The Morgan fingerprint density at radius 2 is 1.61 bits per heavy atom.